The van der Waals surface area contributed by atoms with Gasteiger partial charge in [-0.3, -0.25) is 4.79 Å². The van der Waals surface area contributed by atoms with Gasteiger partial charge in [-0.25, -0.2) is 4.98 Å². The molecular weight excluding hydrogens is 188 g/mol. The van der Waals surface area contributed by atoms with Crippen LogP contribution in [0.2, 0.25) is 0 Å². The number of hydrogen-bond donors (Lipinski definition) is 1. The largest absolute Gasteiger partial charge is 0.345 e. The lowest BCUT2D eigenvalue weighted by Gasteiger charge is -1.92. The molecule has 0 saturated heterocycles. The van der Waals surface area contributed by atoms with Crippen LogP contribution in [0.5, 0.6) is 0 Å². The number of imidazole rings is 1. The van der Waals surface area contributed by atoms with Crippen molar-refractivity contribution in [2.24, 2.45) is 0 Å². The molecule has 0 radical (unpaired) electrons. The predicted octanol–water partition coefficient (Wildman–Crippen LogP) is 2.31. The van der Waals surface area contributed by atoms with Crippen molar-refractivity contribution in [3.8, 4) is 0 Å². The molecule has 3 nitrogen and oxygen atoms in total. The third-order valence-corrected chi connectivity index (χ3v) is 1.99. The van der Waals surface area contributed by atoms with Gasteiger partial charge in [0, 0.05) is 5.56 Å². The van der Waals surface area contributed by atoms with E-state index in [9.17, 15) is 4.79 Å². The standard InChI is InChI=1S/C12H10N2O/c15-12(10-4-2-1-3-5-10)7-6-11-8-13-9-14-11/h1-9H,(H,13,14)/b7-6+. The normalized spacial score (nSPS) is 10.7. The molecular formula is C12H10N2O. The zero-order valence-corrected chi connectivity index (χ0v) is 8.05. The first-order valence-corrected chi connectivity index (χ1v) is 4.62. The molecule has 0 spiro atoms. The van der Waals surface area contributed by atoms with Crippen LogP contribution < -0.4 is 0 Å². The molecule has 0 atom stereocenters. The van der Waals surface area contributed by atoms with Gasteiger partial charge in [0.15, 0.2) is 5.78 Å². The molecule has 0 aliphatic heterocycles. The Morgan fingerprint density at radius 2 is 2.07 bits per heavy atom. The molecule has 2 aromatic rings. The number of H-pyrrole nitrogens is 1. The highest BCUT2D eigenvalue weighted by Crippen LogP contribution is 2.02. The molecule has 0 unspecified atom stereocenters. The molecule has 15 heavy (non-hydrogen) atoms. The first kappa shape index (κ1) is 9.40. The molecule has 1 aromatic carbocycles. The lowest BCUT2D eigenvalue weighted by molar-refractivity contribution is 0.104. The summed E-state index contributed by atoms with van der Waals surface area (Å²) < 4.78 is 0. The topological polar surface area (TPSA) is 45.8 Å². The van der Waals surface area contributed by atoms with E-state index in [1.165, 1.54) is 6.08 Å². The molecule has 0 fully saturated rings. The van der Waals surface area contributed by atoms with Crippen LogP contribution in [0.25, 0.3) is 6.08 Å². The summed E-state index contributed by atoms with van der Waals surface area (Å²) in [5.41, 5.74) is 1.51. The first-order chi connectivity index (χ1) is 7.36. The second-order valence-electron chi connectivity index (χ2n) is 3.07. The number of ketones is 1. The van der Waals surface area contributed by atoms with Crippen LogP contribution in [0.1, 0.15) is 16.1 Å². The highest BCUT2D eigenvalue weighted by molar-refractivity contribution is 6.06. The van der Waals surface area contributed by atoms with Gasteiger partial charge in [0.25, 0.3) is 0 Å². The Morgan fingerprint density at radius 1 is 1.27 bits per heavy atom. The van der Waals surface area contributed by atoms with Crippen LogP contribution in [-0.2, 0) is 0 Å². The third-order valence-electron chi connectivity index (χ3n) is 1.99. The highest BCUT2D eigenvalue weighted by atomic mass is 16.1. The van der Waals surface area contributed by atoms with Gasteiger partial charge in [-0.15, -0.1) is 0 Å². The maximum atomic E-state index is 11.6. The number of carbonyl (C=O) groups excluding carboxylic acids is 1. The van der Waals surface area contributed by atoms with Crippen LogP contribution in [0.4, 0.5) is 0 Å². The van der Waals surface area contributed by atoms with Crippen LogP contribution in [0, 0.1) is 0 Å². The number of aromatic amines is 1. The van der Waals surface area contributed by atoms with E-state index in [-0.39, 0.29) is 5.78 Å². The number of rotatable bonds is 3. The number of nitrogens with zero attached hydrogens (tertiary/aromatic N) is 1. The number of aromatic nitrogens is 2. The average Bonchev–Trinajstić information content (AvgIpc) is 2.80. The van der Waals surface area contributed by atoms with Crippen molar-refractivity contribution in [2.75, 3.05) is 0 Å². The molecule has 74 valence electrons. The zero-order chi connectivity index (χ0) is 10.5. The number of allylic oxidation sites excluding steroid dienone is 1. The van der Waals surface area contributed by atoms with Gasteiger partial charge < -0.3 is 4.98 Å². The van der Waals surface area contributed by atoms with Crippen molar-refractivity contribution in [3.05, 3.63) is 60.2 Å². The fraction of sp³-hybridized carbons (Fsp3) is 0. The Morgan fingerprint density at radius 3 is 2.73 bits per heavy atom. The Balaban J connectivity index is 2.11. The number of carbonyl (C=O) groups is 1. The van der Waals surface area contributed by atoms with E-state index < -0.39 is 0 Å². The van der Waals surface area contributed by atoms with Crippen molar-refractivity contribution >= 4 is 11.9 Å². The smallest absolute Gasteiger partial charge is 0.185 e. The molecule has 0 bridgehead atoms. The minimum atomic E-state index is -0.00907. The van der Waals surface area contributed by atoms with E-state index >= 15 is 0 Å². The molecule has 2 rings (SSSR count). The third kappa shape index (κ3) is 2.40. The number of hydrogen-bond acceptors (Lipinski definition) is 2. The molecule has 3 heteroatoms. The fourth-order valence-corrected chi connectivity index (χ4v) is 1.22. The molecule has 1 N–H and O–H groups in total. The predicted molar refractivity (Wildman–Crippen MR) is 58.4 cm³/mol. The first-order valence-electron chi connectivity index (χ1n) is 4.62. The second kappa shape index (κ2) is 4.37. The molecule has 1 heterocycles. The van der Waals surface area contributed by atoms with Gasteiger partial charge in [0.05, 0.1) is 18.2 Å². The van der Waals surface area contributed by atoms with Crippen LogP contribution >= 0.6 is 0 Å². The quantitative estimate of drug-likeness (QED) is 0.607. The van der Waals surface area contributed by atoms with Gasteiger partial charge in [-0.2, -0.15) is 0 Å². The number of nitrogens with one attached hydrogen (secondary N) is 1. The molecule has 0 aliphatic carbocycles. The van der Waals surface area contributed by atoms with Crippen molar-refractivity contribution in [1.82, 2.24) is 9.97 Å². The average molecular weight is 198 g/mol. The summed E-state index contributed by atoms with van der Waals surface area (Å²) >= 11 is 0. The van der Waals surface area contributed by atoms with E-state index in [1.54, 1.807) is 30.7 Å². The Kier molecular flexibility index (Phi) is 2.74. The maximum Gasteiger partial charge on any atom is 0.185 e. The van der Waals surface area contributed by atoms with Crippen molar-refractivity contribution in [2.45, 2.75) is 0 Å². The van der Waals surface area contributed by atoms with E-state index in [1.807, 2.05) is 18.2 Å². The van der Waals surface area contributed by atoms with E-state index in [4.69, 9.17) is 0 Å². The Labute approximate surface area is 87.5 Å². The Bertz CT molecular complexity index is 458. The van der Waals surface area contributed by atoms with Crippen molar-refractivity contribution in [3.63, 3.8) is 0 Å². The molecule has 1 aromatic heterocycles. The van der Waals surface area contributed by atoms with Crippen LogP contribution in [-0.4, -0.2) is 15.8 Å². The fourth-order valence-electron chi connectivity index (χ4n) is 1.22. The molecule has 0 aliphatic rings. The molecule has 0 amide bonds. The summed E-state index contributed by atoms with van der Waals surface area (Å²) in [5.74, 6) is -0.00907. The minimum Gasteiger partial charge on any atom is -0.345 e. The monoisotopic (exact) mass is 198 g/mol. The van der Waals surface area contributed by atoms with Crippen molar-refractivity contribution in [1.29, 1.82) is 0 Å². The van der Waals surface area contributed by atoms with Crippen LogP contribution in [0.15, 0.2) is 48.9 Å². The van der Waals surface area contributed by atoms with Gasteiger partial charge in [-0.05, 0) is 12.2 Å². The summed E-state index contributed by atoms with van der Waals surface area (Å²) in [6, 6.07) is 9.16. The lowest BCUT2D eigenvalue weighted by Crippen LogP contribution is -1.92. The summed E-state index contributed by atoms with van der Waals surface area (Å²) in [7, 11) is 0. The minimum absolute atomic E-state index is 0.00907. The lowest BCUT2D eigenvalue weighted by atomic mass is 10.1. The van der Waals surface area contributed by atoms with Gasteiger partial charge in [0.1, 0.15) is 0 Å². The maximum absolute atomic E-state index is 11.6. The second-order valence-corrected chi connectivity index (χ2v) is 3.07. The Hall–Kier alpha value is -2.16. The zero-order valence-electron chi connectivity index (χ0n) is 8.05. The van der Waals surface area contributed by atoms with E-state index in [2.05, 4.69) is 9.97 Å². The summed E-state index contributed by atoms with van der Waals surface area (Å²) in [4.78, 5) is 18.4. The molecule has 0 saturated carbocycles. The van der Waals surface area contributed by atoms with Crippen LogP contribution in [0.3, 0.4) is 0 Å². The summed E-state index contributed by atoms with van der Waals surface area (Å²) in [5, 5.41) is 0. The van der Waals surface area contributed by atoms with Gasteiger partial charge in [-0.1, -0.05) is 30.3 Å². The summed E-state index contributed by atoms with van der Waals surface area (Å²) in [6.45, 7) is 0. The van der Waals surface area contributed by atoms with E-state index in [0.717, 1.165) is 5.69 Å². The number of benzene rings is 1. The van der Waals surface area contributed by atoms with Gasteiger partial charge in [0.2, 0.25) is 0 Å². The highest BCUT2D eigenvalue weighted by Gasteiger charge is 1.98. The van der Waals surface area contributed by atoms with Crippen molar-refractivity contribution < 1.29 is 4.79 Å². The summed E-state index contributed by atoms with van der Waals surface area (Å²) in [6.07, 6.45) is 6.48. The van der Waals surface area contributed by atoms with E-state index in [0.29, 0.717) is 5.56 Å². The SMILES string of the molecule is O=C(/C=C/c1cnc[nH]1)c1ccccc1. The van der Waals surface area contributed by atoms with Gasteiger partial charge >= 0.3 is 0 Å².